The van der Waals surface area contributed by atoms with Crippen molar-refractivity contribution in [1.82, 2.24) is 9.78 Å². The van der Waals surface area contributed by atoms with Crippen molar-refractivity contribution in [3.05, 3.63) is 60.4 Å². The normalized spacial score (nSPS) is 16.5. The Kier molecular flexibility index (Phi) is 4.21. The molecule has 132 valence electrons. The van der Waals surface area contributed by atoms with Gasteiger partial charge in [-0.1, -0.05) is 24.3 Å². The monoisotopic (exact) mass is 346 g/mol. The standard InChI is InChI=1S/C21H22N4O/c1-14-10-19(26)11-16-4-3-5-20(21(16)23-14)24-18-8-6-15(7-9-18)17-12-22-25(2)13-17/h3-9,12-14,23-24H,10-11H2,1-2H3/t14-/m1/s1. The smallest absolute Gasteiger partial charge is 0.139 e. The molecule has 1 aliphatic rings. The highest BCUT2D eigenvalue weighted by atomic mass is 16.1. The molecule has 0 saturated carbocycles. The maximum absolute atomic E-state index is 12.0. The molecule has 0 bridgehead atoms. The van der Waals surface area contributed by atoms with Crippen molar-refractivity contribution in [2.24, 2.45) is 7.05 Å². The maximum Gasteiger partial charge on any atom is 0.139 e. The lowest BCUT2D eigenvalue weighted by Gasteiger charge is -2.18. The number of carbonyl (C=O) groups is 1. The third-order valence-corrected chi connectivity index (χ3v) is 4.67. The number of fused-ring (bicyclic) bond motifs is 1. The Hall–Kier alpha value is -3.08. The van der Waals surface area contributed by atoms with Crippen molar-refractivity contribution in [2.75, 3.05) is 10.6 Å². The number of ketones is 1. The number of aromatic nitrogens is 2. The van der Waals surface area contributed by atoms with E-state index in [9.17, 15) is 4.79 Å². The van der Waals surface area contributed by atoms with E-state index in [1.54, 1.807) is 4.68 Å². The fourth-order valence-electron chi connectivity index (χ4n) is 3.42. The highest BCUT2D eigenvalue weighted by Crippen LogP contribution is 2.33. The van der Waals surface area contributed by atoms with Gasteiger partial charge in [0.25, 0.3) is 0 Å². The summed E-state index contributed by atoms with van der Waals surface area (Å²) in [4.78, 5) is 12.0. The molecule has 26 heavy (non-hydrogen) atoms. The van der Waals surface area contributed by atoms with Gasteiger partial charge >= 0.3 is 0 Å². The fourth-order valence-corrected chi connectivity index (χ4v) is 3.42. The summed E-state index contributed by atoms with van der Waals surface area (Å²) in [6, 6.07) is 14.5. The molecule has 0 spiro atoms. The predicted octanol–water partition coefficient (Wildman–Crippen LogP) is 4.15. The molecular weight excluding hydrogens is 324 g/mol. The van der Waals surface area contributed by atoms with Gasteiger partial charge in [0.05, 0.1) is 17.6 Å². The van der Waals surface area contributed by atoms with E-state index in [-0.39, 0.29) is 11.8 Å². The van der Waals surface area contributed by atoms with E-state index in [1.807, 2.05) is 44.6 Å². The van der Waals surface area contributed by atoms with Crippen LogP contribution in [0.3, 0.4) is 0 Å². The lowest BCUT2D eigenvalue weighted by Crippen LogP contribution is -2.17. The summed E-state index contributed by atoms with van der Waals surface area (Å²) in [6.07, 6.45) is 4.92. The molecule has 4 rings (SSSR count). The zero-order valence-corrected chi connectivity index (χ0v) is 15.0. The lowest BCUT2D eigenvalue weighted by atomic mass is 10.0. The number of para-hydroxylation sites is 1. The number of aryl methyl sites for hydroxylation is 1. The second-order valence-corrected chi connectivity index (χ2v) is 6.91. The molecule has 0 fully saturated rings. The minimum Gasteiger partial charge on any atom is -0.380 e. The third kappa shape index (κ3) is 3.33. The summed E-state index contributed by atoms with van der Waals surface area (Å²) >= 11 is 0. The van der Waals surface area contributed by atoms with Gasteiger partial charge in [-0.05, 0) is 36.2 Å². The minimum absolute atomic E-state index is 0.139. The molecule has 0 radical (unpaired) electrons. The van der Waals surface area contributed by atoms with Crippen LogP contribution in [0.25, 0.3) is 11.1 Å². The highest BCUT2D eigenvalue weighted by Gasteiger charge is 2.20. The van der Waals surface area contributed by atoms with Gasteiger partial charge in [-0.3, -0.25) is 9.48 Å². The largest absolute Gasteiger partial charge is 0.380 e. The Morgan fingerprint density at radius 2 is 1.96 bits per heavy atom. The van der Waals surface area contributed by atoms with Gasteiger partial charge in [-0.25, -0.2) is 0 Å². The van der Waals surface area contributed by atoms with E-state index in [0.29, 0.717) is 12.8 Å². The quantitative estimate of drug-likeness (QED) is 0.748. The third-order valence-electron chi connectivity index (χ3n) is 4.67. The summed E-state index contributed by atoms with van der Waals surface area (Å²) in [5.74, 6) is 0.279. The molecule has 0 amide bonds. The summed E-state index contributed by atoms with van der Waals surface area (Å²) in [5.41, 5.74) is 6.32. The number of rotatable bonds is 3. The van der Waals surface area contributed by atoms with Crippen molar-refractivity contribution in [1.29, 1.82) is 0 Å². The number of benzene rings is 2. The molecule has 5 heteroatoms. The number of hydrogen-bond acceptors (Lipinski definition) is 4. The van der Waals surface area contributed by atoms with Gasteiger partial charge in [-0.15, -0.1) is 0 Å². The molecule has 2 N–H and O–H groups in total. The molecule has 1 atom stereocenters. The number of carbonyl (C=O) groups excluding carboxylic acids is 1. The number of hydrogen-bond donors (Lipinski definition) is 2. The van der Waals surface area contributed by atoms with E-state index in [1.165, 1.54) is 0 Å². The Morgan fingerprint density at radius 3 is 2.69 bits per heavy atom. The molecule has 0 unspecified atom stereocenters. The molecule has 0 saturated heterocycles. The van der Waals surface area contributed by atoms with Crippen LogP contribution < -0.4 is 10.6 Å². The fraction of sp³-hybridized carbons (Fsp3) is 0.238. The highest BCUT2D eigenvalue weighted by molar-refractivity contribution is 5.88. The van der Waals surface area contributed by atoms with Crippen molar-refractivity contribution < 1.29 is 4.79 Å². The van der Waals surface area contributed by atoms with Crippen molar-refractivity contribution in [2.45, 2.75) is 25.8 Å². The van der Waals surface area contributed by atoms with Crippen LogP contribution in [0.5, 0.6) is 0 Å². The second-order valence-electron chi connectivity index (χ2n) is 6.91. The first-order chi connectivity index (χ1) is 12.6. The van der Waals surface area contributed by atoms with E-state index in [0.717, 1.165) is 33.8 Å². The number of nitrogens with one attached hydrogen (secondary N) is 2. The van der Waals surface area contributed by atoms with Gasteiger partial charge in [0.15, 0.2) is 0 Å². The van der Waals surface area contributed by atoms with Gasteiger partial charge < -0.3 is 10.6 Å². The van der Waals surface area contributed by atoms with E-state index >= 15 is 0 Å². The Morgan fingerprint density at radius 1 is 1.15 bits per heavy atom. The molecule has 5 nitrogen and oxygen atoms in total. The molecule has 2 heterocycles. The van der Waals surface area contributed by atoms with E-state index < -0.39 is 0 Å². The minimum atomic E-state index is 0.139. The predicted molar refractivity (Wildman–Crippen MR) is 105 cm³/mol. The molecule has 2 aromatic carbocycles. The maximum atomic E-state index is 12.0. The van der Waals surface area contributed by atoms with Crippen molar-refractivity contribution in [3.8, 4) is 11.1 Å². The SMILES string of the molecule is C[C@@H]1CC(=O)Cc2cccc(Nc3ccc(-c4cnn(C)c4)cc3)c2N1. The van der Waals surface area contributed by atoms with Gasteiger partial charge in [0.1, 0.15) is 5.78 Å². The Bertz CT molecular complexity index is 943. The average molecular weight is 346 g/mol. The summed E-state index contributed by atoms with van der Waals surface area (Å²) < 4.78 is 1.80. The molecule has 0 aliphatic carbocycles. The number of anilines is 3. The van der Waals surface area contributed by atoms with Crippen molar-refractivity contribution >= 4 is 22.8 Å². The lowest BCUT2D eigenvalue weighted by molar-refractivity contribution is -0.118. The van der Waals surface area contributed by atoms with Crippen molar-refractivity contribution in [3.63, 3.8) is 0 Å². The van der Waals surface area contributed by atoms with Crippen LogP contribution in [-0.2, 0) is 18.3 Å². The summed E-state index contributed by atoms with van der Waals surface area (Å²) in [6.45, 7) is 2.05. The average Bonchev–Trinajstić information content (AvgIpc) is 2.97. The number of Topliss-reactive ketones (excluding diaryl/α,β-unsaturated/α-hetero) is 1. The van der Waals surface area contributed by atoms with Gasteiger partial charge in [0, 0.05) is 43.4 Å². The second kappa shape index (κ2) is 6.67. The zero-order chi connectivity index (χ0) is 18.1. The van der Waals surface area contributed by atoms with Crippen LogP contribution >= 0.6 is 0 Å². The first-order valence-electron chi connectivity index (χ1n) is 8.85. The van der Waals surface area contributed by atoms with Gasteiger partial charge in [0.2, 0.25) is 0 Å². The Balaban J connectivity index is 1.60. The molecule has 3 aromatic rings. The topological polar surface area (TPSA) is 59.0 Å². The van der Waals surface area contributed by atoms with Crippen LogP contribution in [0, 0.1) is 0 Å². The number of nitrogens with zero attached hydrogens (tertiary/aromatic N) is 2. The Labute approximate surface area is 153 Å². The van der Waals surface area contributed by atoms with Crippen LogP contribution in [0.15, 0.2) is 54.9 Å². The van der Waals surface area contributed by atoms with E-state index in [2.05, 4.69) is 40.0 Å². The molecule has 1 aliphatic heterocycles. The van der Waals surface area contributed by atoms with Crippen LogP contribution in [0.2, 0.25) is 0 Å². The first kappa shape index (κ1) is 16.4. The summed E-state index contributed by atoms with van der Waals surface area (Å²) in [7, 11) is 1.92. The summed E-state index contributed by atoms with van der Waals surface area (Å²) in [5, 5.41) is 11.2. The van der Waals surface area contributed by atoms with Crippen LogP contribution in [0.1, 0.15) is 18.9 Å². The van der Waals surface area contributed by atoms with Gasteiger partial charge in [-0.2, -0.15) is 5.10 Å². The van der Waals surface area contributed by atoms with Crippen LogP contribution in [-0.4, -0.2) is 21.6 Å². The molecular formula is C21H22N4O. The van der Waals surface area contributed by atoms with E-state index in [4.69, 9.17) is 0 Å². The molecule has 1 aromatic heterocycles. The van der Waals surface area contributed by atoms with Crippen LogP contribution in [0.4, 0.5) is 17.1 Å². The zero-order valence-electron chi connectivity index (χ0n) is 15.0. The first-order valence-corrected chi connectivity index (χ1v) is 8.85.